The fourth-order valence-corrected chi connectivity index (χ4v) is 5.65. The highest BCUT2D eigenvalue weighted by Gasteiger charge is 2.32. The quantitative estimate of drug-likeness (QED) is 0.474. The van der Waals surface area contributed by atoms with E-state index in [1.807, 2.05) is 19.3 Å². The van der Waals surface area contributed by atoms with Gasteiger partial charge >= 0.3 is 0 Å². The number of amides is 1. The van der Waals surface area contributed by atoms with E-state index < -0.39 is 10.0 Å². The Kier molecular flexibility index (Phi) is 5.84. The smallest absolute Gasteiger partial charge is 0.243 e. The Morgan fingerprint density at radius 3 is 2.47 bits per heavy atom. The van der Waals surface area contributed by atoms with Gasteiger partial charge in [-0.15, -0.1) is 0 Å². The predicted octanol–water partition coefficient (Wildman–Crippen LogP) is 3.07. The van der Waals surface area contributed by atoms with Gasteiger partial charge in [0.25, 0.3) is 0 Å². The second-order valence-corrected chi connectivity index (χ2v) is 10.3. The summed E-state index contributed by atoms with van der Waals surface area (Å²) in [5, 5.41) is 7.94. The number of piperidine rings is 1. The largest absolute Gasteiger partial charge is 0.310 e. The number of sulfonamides is 1. The van der Waals surface area contributed by atoms with E-state index in [1.54, 1.807) is 59.7 Å². The molecule has 1 amide bonds. The predicted molar refractivity (Wildman–Crippen MR) is 128 cm³/mol. The SMILES string of the molecule is Cn1cc(-c2cnc3cnc(NC(=O)C4CCN(S(=O)(=O)c5ccccc5)CC4)cc3c2)cn1. The molecule has 1 N–H and O–H groups in total. The number of anilines is 1. The highest BCUT2D eigenvalue weighted by Crippen LogP contribution is 2.26. The zero-order valence-electron chi connectivity index (χ0n) is 18.6. The molecule has 5 rings (SSSR count). The Bertz CT molecular complexity index is 1440. The van der Waals surface area contributed by atoms with Gasteiger partial charge in [-0.2, -0.15) is 9.40 Å². The third-order valence-electron chi connectivity index (χ3n) is 6.06. The second kappa shape index (κ2) is 8.96. The van der Waals surface area contributed by atoms with Crippen LogP contribution in [0.4, 0.5) is 5.82 Å². The number of carbonyl (C=O) groups excluding carboxylic acids is 1. The van der Waals surface area contributed by atoms with E-state index in [-0.39, 0.29) is 16.7 Å². The number of nitrogens with one attached hydrogen (secondary N) is 1. The molecule has 1 saturated heterocycles. The molecule has 1 fully saturated rings. The number of aryl methyl sites for hydroxylation is 1. The summed E-state index contributed by atoms with van der Waals surface area (Å²) in [4.78, 5) is 21.9. The summed E-state index contributed by atoms with van der Waals surface area (Å²) < 4.78 is 28.8. The summed E-state index contributed by atoms with van der Waals surface area (Å²) in [5.74, 6) is 0.0153. The molecule has 0 saturated carbocycles. The third kappa shape index (κ3) is 4.42. The lowest BCUT2D eigenvalue weighted by atomic mass is 9.97. The van der Waals surface area contributed by atoms with Gasteiger partial charge in [0.05, 0.1) is 22.8 Å². The van der Waals surface area contributed by atoms with Gasteiger partial charge < -0.3 is 5.32 Å². The Balaban J connectivity index is 1.26. The minimum absolute atomic E-state index is 0.153. The van der Waals surface area contributed by atoms with Crippen molar-refractivity contribution in [2.45, 2.75) is 17.7 Å². The van der Waals surface area contributed by atoms with Crippen LogP contribution in [-0.2, 0) is 21.9 Å². The Labute approximate surface area is 197 Å². The standard InChI is InChI=1S/C24H24N6O3S/c1-29-16-20(14-27-29)19-11-18-12-23(26-15-22(18)25-13-19)28-24(31)17-7-9-30(10-8-17)34(32,33)21-5-3-2-4-6-21/h2-6,11-17H,7-10H2,1H3,(H,26,28,31). The van der Waals surface area contributed by atoms with Crippen LogP contribution in [0.5, 0.6) is 0 Å². The molecule has 4 aromatic rings. The van der Waals surface area contributed by atoms with Gasteiger partial charge in [0.15, 0.2) is 0 Å². The van der Waals surface area contributed by atoms with Crippen LogP contribution in [0.1, 0.15) is 12.8 Å². The summed E-state index contributed by atoms with van der Waals surface area (Å²) in [5.41, 5.74) is 2.61. The van der Waals surface area contributed by atoms with E-state index in [0.717, 1.165) is 22.0 Å². The molecule has 1 aliphatic heterocycles. The third-order valence-corrected chi connectivity index (χ3v) is 7.98. The minimum atomic E-state index is -3.54. The lowest BCUT2D eigenvalue weighted by molar-refractivity contribution is -0.120. The van der Waals surface area contributed by atoms with Gasteiger partial charge in [-0.05, 0) is 37.1 Å². The van der Waals surface area contributed by atoms with Gasteiger partial charge in [0, 0.05) is 55.0 Å². The molecule has 0 aliphatic carbocycles. The Morgan fingerprint density at radius 2 is 1.76 bits per heavy atom. The molecular formula is C24H24N6O3S. The molecule has 0 bridgehead atoms. The van der Waals surface area contributed by atoms with Gasteiger partial charge in [-0.25, -0.2) is 13.4 Å². The molecule has 1 aliphatic rings. The molecule has 4 heterocycles. The van der Waals surface area contributed by atoms with Crippen molar-refractivity contribution in [2.75, 3.05) is 18.4 Å². The number of carbonyl (C=O) groups is 1. The topological polar surface area (TPSA) is 110 Å². The van der Waals surface area contributed by atoms with E-state index >= 15 is 0 Å². The molecule has 0 unspecified atom stereocenters. The van der Waals surface area contributed by atoms with Crippen molar-refractivity contribution in [3.05, 3.63) is 67.3 Å². The van der Waals surface area contributed by atoms with Crippen molar-refractivity contribution in [3.63, 3.8) is 0 Å². The van der Waals surface area contributed by atoms with Crippen molar-refractivity contribution in [1.82, 2.24) is 24.1 Å². The average molecular weight is 477 g/mol. The number of hydrogen-bond acceptors (Lipinski definition) is 6. The van der Waals surface area contributed by atoms with Crippen molar-refractivity contribution in [3.8, 4) is 11.1 Å². The molecule has 34 heavy (non-hydrogen) atoms. The molecule has 1 aromatic carbocycles. The highest BCUT2D eigenvalue weighted by atomic mass is 32.2. The summed E-state index contributed by atoms with van der Waals surface area (Å²) >= 11 is 0. The van der Waals surface area contributed by atoms with Crippen molar-refractivity contribution in [1.29, 1.82) is 0 Å². The van der Waals surface area contributed by atoms with Crippen LogP contribution in [-0.4, -0.2) is 51.5 Å². The van der Waals surface area contributed by atoms with E-state index in [1.165, 1.54) is 4.31 Å². The molecular weight excluding hydrogens is 452 g/mol. The average Bonchev–Trinajstić information content (AvgIpc) is 3.30. The molecule has 174 valence electrons. The highest BCUT2D eigenvalue weighted by molar-refractivity contribution is 7.89. The fraction of sp³-hybridized carbons (Fsp3) is 0.250. The fourth-order valence-electron chi connectivity index (χ4n) is 4.16. The summed E-state index contributed by atoms with van der Waals surface area (Å²) in [6, 6.07) is 12.2. The molecule has 9 nitrogen and oxygen atoms in total. The van der Waals surface area contributed by atoms with E-state index in [9.17, 15) is 13.2 Å². The Hall–Kier alpha value is -3.63. The van der Waals surface area contributed by atoms with Crippen LogP contribution in [0.2, 0.25) is 0 Å². The maximum Gasteiger partial charge on any atom is 0.243 e. The van der Waals surface area contributed by atoms with Crippen molar-refractivity contribution >= 4 is 32.7 Å². The first-order valence-electron chi connectivity index (χ1n) is 11.0. The first-order chi connectivity index (χ1) is 16.4. The minimum Gasteiger partial charge on any atom is -0.310 e. The lowest BCUT2D eigenvalue weighted by Gasteiger charge is -2.30. The molecule has 0 radical (unpaired) electrons. The van der Waals surface area contributed by atoms with Crippen LogP contribution in [0.25, 0.3) is 22.0 Å². The molecule has 10 heteroatoms. The number of rotatable bonds is 5. The second-order valence-electron chi connectivity index (χ2n) is 8.37. The number of aromatic nitrogens is 4. The summed E-state index contributed by atoms with van der Waals surface area (Å²) in [6.07, 6.45) is 8.01. The van der Waals surface area contributed by atoms with Crippen LogP contribution >= 0.6 is 0 Å². The maximum atomic E-state index is 12.9. The van der Waals surface area contributed by atoms with Crippen LogP contribution in [0, 0.1) is 5.92 Å². The van der Waals surface area contributed by atoms with Crippen molar-refractivity contribution in [2.24, 2.45) is 13.0 Å². The first kappa shape index (κ1) is 22.2. The maximum absolute atomic E-state index is 12.9. The van der Waals surface area contributed by atoms with Gasteiger partial charge in [0.1, 0.15) is 5.82 Å². The van der Waals surface area contributed by atoms with E-state index in [4.69, 9.17) is 0 Å². The van der Waals surface area contributed by atoms with Crippen LogP contribution < -0.4 is 5.32 Å². The zero-order valence-corrected chi connectivity index (χ0v) is 19.4. The molecule has 0 spiro atoms. The van der Waals surface area contributed by atoms with Crippen molar-refractivity contribution < 1.29 is 13.2 Å². The number of pyridine rings is 2. The Morgan fingerprint density at radius 1 is 1.00 bits per heavy atom. The van der Waals surface area contributed by atoms with Crippen LogP contribution in [0.3, 0.4) is 0 Å². The summed E-state index contributed by atoms with van der Waals surface area (Å²) in [6.45, 7) is 0.609. The van der Waals surface area contributed by atoms with E-state index in [0.29, 0.717) is 31.7 Å². The number of nitrogens with zero attached hydrogens (tertiary/aromatic N) is 5. The van der Waals surface area contributed by atoms with Gasteiger partial charge in [-0.1, -0.05) is 18.2 Å². The normalized spacial score (nSPS) is 15.4. The lowest BCUT2D eigenvalue weighted by Crippen LogP contribution is -2.41. The number of fused-ring (bicyclic) bond motifs is 1. The first-order valence-corrected chi connectivity index (χ1v) is 12.4. The van der Waals surface area contributed by atoms with E-state index in [2.05, 4.69) is 20.4 Å². The molecule has 3 aromatic heterocycles. The van der Waals surface area contributed by atoms with Gasteiger partial charge in [-0.3, -0.25) is 14.5 Å². The summed E-state index contributed by atoms with van der Waals surface area (Å²) in [7, 11) is -1.69. The number of hydrogen-bond donors (Lipinski definition) is 1. The van der Waals surface area contributed by atoms with Gasteiger partial charge in [0.2, 0.25) is 15.9 Å². The zero-order chi connectivity index (χ0) is 23.7. The molecule has 0 atom stereocenters. The van der Waals surface area contributed by atoms with Crippen LogP contribution in [0.15, 0.2) is 72.1 Å². The number of benzene rings is 1. The monoisotopic (exact) mass is 476 g/mol.